The van der Waals surface area contributed by atoms with Crippen LogP contribution in [0.4, 0.5) is 4.79 Å². The lowest BCUT2D eigenvalue weighted by Crippen LogP contribution is -2.54. The van der Waals surface area contributed by atoms with Gasteiger partial charge in [-0.05, 0) is 42.8 Å². The lowest BCUT2D eigenvalue weighted by atomic mass is 9.98. The molecule has 178 valence electrons. The Hall–Kier alpha value is -3.34. The van der Waals surface area contributed by atoms with E-state index in [9.17, 15) is 14.4 Å². The van der Waals surface area contributed by atoms with E-state index in [1.54, 1.807) is 13.1 Å². The number of imide groups is 2. The summed E-state index contributed by atoms with van der Waals surface area (Å²) in [5.41, 5.74) is 1.13. The van der Waals surface area contributed by atoms with E-state index < -0.39 is 17.8 Å². The van der Waals surface area contributed by atoms with E-state index in [1.165, 1.54) is 13.2 Å². The summed E-state index contributed by atoms with van der Waals surface area (Å²) in [6.07, 6.45) is 3.40. The second-order valence-corrected chi connectivity index (χ2v) is 7.96. The van der Waals surface area contributed by atoms with E-state index in [-0.39, 0.29) is 18.9 Å². The van der Waals surface area contributed by atoms with E-state index in [0.717, 1.165) is 16.9 Å². The van der Waals surface area contributed by atoms with Crippen molar-refractivity contribution < 1.29 is 28.6 Å². The Morgan fingerprint density at radius 3 is 2.79 bits per heavy atom. The smallest absolute Gasteiger partial charge is 0.331 e. The average Bonchev–Trinajstić information content (AvgIpc) is 3.27. The maximum atomic E-state index is 13.0. The first-order chi connectivity index (χ1) is 15.8. The van der Waals surface area contributed by atoms with Gasteiger partial charge in [0.2, 0.25) is 12.5 Å². The number of fused-ring (bicyclic) bond motifs is 1. The molecule has 4 amide bonds. The van der Waals surface area contributed by atoms with Gasteiger partial charge in [0.1, 0.15) is 5.57 Å². The highest BCUT2D eigenvalue weighted by molar-refractivity contribution is 7.80. The highest BCUT2D eigenvalue weighted by Gasteiger charge is 2.36. The van der Waals surface area contributed by atoms with Crippen molar-refractivity contribution in [1.82, 2.24) is 20.4 Å². The zero-order valence-corrected chi connectivity index (χ0v) is 20.0. The molecule has 0 unspecified atom stereocenters. The summed E-state index contributed by atoms with van der Waals surface area (Å²) >= 11 is 5.27. The second kappa shape index (κ2) is 10.5. The number of carbonyl (C=O) groups is 3. The van der Waals surface area contributed by atoms with Crippen LogP contribution in [0.5, 0.6) is 17.2 Å². The number of rotatable bonds is 8. The van der Waals surface area contributed by atoms with Crippen molar-refractivity contribution in [2.24, 2.45) is 0 Å². The van der Waals surface area contributed by atoms with Gasteiger partial charge < -0.3 is 24.4 Å². The molecule has 11 heteroatoms. The summed E-state index contributed by atoms with van der Waals surface area (Å²) in [5.74, 6) is -0.131. The lowest BCUT2D eigenvalue weighted by Gasteiger charge is -2.26. The van der Waals surface area contributed by atoms with Crippen LogP contribution in [-0.4, -0.2) is 73.8 Å². The van der Waals surface area contributed by atoms with Crippen molar-refractivity contribution in [2.75, 3.05) is 41.1 Å². The molecule has 1 aromatic rings. The molecule has 2 N–H and O–H groups in total. The first-order valence-electron chi connectivity index (χ1n) is 10.6. The van der Waals surface area contributed by atoms with Crippen molar-refractivity contribution in [3.8, 4) is 17.2 Å². The zero-order chi connectivity index (χ0) is 24.1. The van der Waals surface area contributed by atoms with Gasteiger partial charge in [-0.1, -0.05) is 13.3 Å². The van der Waals surface area contributed by atoms with Crippen molar-refractivity contribution in [3.05, 3.63) is 22.8 Å². The van der Waals surface area contributed by atoms with Crippen LogP contribution in [0.3, 0.4) is 0 Å². The molecular weight excluding hydrogens is 448 g/mol. The predicted molar refractivity (Wildman–Crippen MR) is 125 cm³/mol. The molecule has 10 nitrogen and oxygen atoms in total. The molecule has 1 fully saturated rings. The van der Waals surface area contributed by atoms with Gasteiger partial charge in [0.05, 0.1) is 7.11 Å². The summed E-state index contributed by atoms with van der Waals surface area (Å²) in [6, 6.07) is 1.09. The van der Waals surface area contributed by atoms with Crippen molar-refractivity contribution >= 4 is 41.3 Å². The summed E-state index contributed by atoms with van der Waals surface area (Å²) in [7, 11) is 5.08. The normalized spacial score (nSPS) is 16.2. The molecule has 2 heterocycles. The topological polar surface area (TPSA) is 109 Å². The Labute approximate surface area is 197 Å². The van der Waals surface area contributed by atoms with Crippen LogP contribution in [0.15, 0.2) is 11.6 Å². The highest BCUT2D eigenvalue weighted by Crippen LogP contribution is 2.46. The number of barbiturate groups is 1. The number of hydrogen-bond acceptors (Lipinski definition) is 7. The number of hydrogen-bond donors (Lipinski definition) is 2. The fourth-order valence-electron chi connectivity index (χ4n) is 3.58. The number of urea groups is 1. The van der Waals surface area contributed by atoms with Crippen LogP contribution in [-0.2, 0) is 16.0 Å². The molecule has 3 rings (SSSR count). The van der Waals surface area contributed by atoms with Crippen molar-refractivity contribution in [1.29, 1.82) is 0 Å². The Morgan fingerprint density at radius 2 is 2.12 bits per heavy atom. The summed E-state index contributed by atoms with van der Waals surface area (Å²) < 4.78 is 16.7. The minimum Gasteiger partial charge on any atom is -0.492 e. The highest BCUT2D eigenvalue weighted by atomic mass is 32.1. The van der Waals surface area contributed by atoms with Gasteiger partial charge in [-0.3, -0.25) is 19.8 Å². The van der Waals surface area contributed by atoms with Crippen LogP contribution < -0.4 is 24.8 Å². The molecule has 0 spiro atoms. The van der Waals surface area contributed by atoms with E-state index in [2.05, 4.69) is 10.6 Å². The summed E-state index contributed by atoms with van der Waals surface area (Å²) in [5, 5.41) is 5.75. The molecular formula is C22H28N4O6S. The Balaban J connectivity index is 2.05. The maximum absolute atomic E-state index is 13.0. The van der Waals surface area contributed by atoms with Gasteiger partial charge in [-0.15, -0.1) is 0 Å². The third kappa shape index (κ3) is 5.03. The maximum Gasteiger partial charge on any atom is 0.331 e. The largest absolute Gasteiger partial charge is 0.492 e. The third-order valence-corrected chi connectivity index (χ3v) is 5.95. The summed E-state index contributed by atoms with van der Waals surface area (Å²) in [6.45, 7) is 2.77. The second-order valence-electron chi connectivity index (χ2n) is 7.57. The van der Waals surface area contributed by atoms with Gasteiger partial charge in [-0.25, -0.2) is 4.79 Å². The Kier molecular flexibility index (Phi) is 7.75. The number of carbonyl (C=O) groups excluding carboxylic acids is 3. The molecule has 0 aliphatic carbocycles. The van der Waals surface area contributed by atoms with Gasteiger partial charge in [-0.2, -0.15) is 0 Å². The van der Waals surface area contributed by atoms with Crippen LogP contribution >= 0.6 is 12.2 Å². The van der Waals surface area contributed by atoms with Crippen LogP contribution in [0.1, 0.15) is 30.9 Å². The lowest BCUT2D eigenvalue weighted by molar-refractivity contribution is -0.130. The number of likely N-dealkylation sites (N-methyl/N-ethyl adjacent to an activating group) is 1. The molecule has 2 aliphatic rings. The molecule has 2 aliphatic heterocycles. The quantitative estimate of drug-likeness (QED) is 0.329. The average molecular weight is 477 g/mol. The number of thiocarbonyl (C=S) groups is 1. The Morgan fingerprint density at radius 1 is 1.36 bits per heavy atom. The fourth-order valence-corrected chi connectivity index (χ4v) is 3.67. The van der Waals surface area contributed by atoms with Crippen molar-refractivity contribution in [2.45, 2.75) is 26.2 Å². The third-order valence-electron chi connectivity index (χ3n) is 5.43. The van der Waals surface area contributed by atoms with E-state index >= 15 is 0 Å². The van der Waals surface area contributed by atoms with Crippen molar-refractivity contribution in [3.63, 3.8) is 0 Å². The molecule has 0 radical (unpaired) electrons. The van der Waals surface area contributed by atoms with E-state index in [4.69, 9.17) is 26.4 Å². The first kappa shape index (κ1) is 24.3. The Bertz CT molecular complexity index is 1010. The molecule has 0 bridgehead atoms. The fraction of sp³-hybridized carbons (Fsp3) is 0.455. The van der Waals surface area contributed by atoms with Gasteiger partial charge in [0.25, 0.3) is 11.8 Å². The zero-order valence-electron chi connectivity index (χ0n) is 19.1. The number of benzene rings is 1. The first-order valence-corrected chi connectivity index (χ1v) is 11.0. The minimum absolute atomic E-state index is 0.0353. The predicted octanol–water partition coefficient (Wildman–Crippen LogP) is 1.66. The van der Waals surface area contributed by atoms with Gasteiger partial charge in [0, 0.05) is 32.7 Å². The van der Waals surface area contributed by atoms with Gasteiger partial charge >= 0.3 is 6.03 Å². The number of methoxy groups -OCH3 is 1. The number of nitrogens with zero attached hydrogens (tertiary/aromatic N) is 2. The standard InChI is InChI=1S/C22H28N4O6S/c1-5-6-8-26-20(28)15(19(27)24-21(26)29)11-14-13(7-9-25(3)22(33)23-2)10-16-18(17(14)30-4)32-12-31-16/h10-11H,5-9,12H2,1-4H3,(H,23,33)(H,24,27,29). The number of nitrogens with one attached hydrogen (secondary N) is 2. The van der Waals surface area contributed by atoms with Gasteiger partial charge in [0.15, 0.2) is 16.6 Å². The minimum atomic E-state index is -0.753. The van der Waals surface area contributed by atoms with Crippen LogP contribution in [0.25, 0.3) is 6.08 Å². The van der Waals surface area contributed by atoms with Crippen LogP contribution in [0.2, 0.25) is 0 Å². The molecule has 1 aromatic carbocycles. The SMILES string of the molecule is CCCCN1C(=O)NC(=O)C(=Cc2c(CCN(C)C(=S)NC)cc3c(c2OC)OCO3)C1=O. The summed E-state index contributed by atoms with van der Waals surface area (Å²) in [4.78, 5) is 40.8. The molecule has 0 atom stereocenters. The number of ether oxygens (including phenoxy) is 3. The molecule has 33 heavy (non-hydrogen) atoms. The molecule has 0 aromatic heterocycles. The molecule has 0 saturated carbocycles. The van der Waals surface area contributed by atoms with Crippen LogP contribution in [0, 0.1) is 0 Å². The molecule has 1 saturated heterocycles. The number of unbranched alkanes of at least 4 members (excludes halogenated alkanes) is 1. The van der Waals surface area contributed by atoms with E-state index in [0.29, 0.717) is 47.3 Å². The number of amides is 4. The monoisotopic (exact) mass is 476 g/mol. The van der Waals surface area contributed by atoms with E-state index in [1.807, 2.05) is 18.9 Å².